The lowest BCUT2D eigenvalue weighted by molar-refractivity contribution is 0.182. The first-order chi connectivity index (χ1) is 9.15. The number of rotatable bonds is 8. The molecule has 0 amide bonds. The SMILES string of the molecule is CCCNC(CCOC)c1ccc(C)c(C)c1OC. The van der Waals surface area contributed by atoms with Crippen LogP contribution in [0.2, 0.25) is 0 Å². The van der Waals surface area contributed by atoms with Gasteiger partial charge in [0.15, 0.2) is 0 Å². The van der Waals surface area contributed by atoms with Crippen molar-refractivity contribution in [3.63, 3.8) is 0 Å². The van der Waals surface area contributed by atoms with Gasteiger partial charge in [-0.05, 0) is 44.4 Å². The Kier molecular flexibility index (Phi) is 6.89. The fraction of sp³-hybridized carbons (Fsp3) is 0.625. The van der Waals surface area contributed by atoms with E-state index in [0.717, 1.165) is 31.7 Å². The highest BCUT2D eigenvalue weighted by Crippen LogP contribution is 2.32. The zero-order valence-corrected chi connectivity index (χ0v) is 12.9. The zero-order chi connectivity index (χ0) is 14.3. The molecule has 0 aliphatic rings. The summed E-state index contributed by atoms with van der Waals surface area (Å²) in [4.78, 5) is 0. The minimum absolute atomic E-state index is 0.286. The van der Waals surface area contributed by atoms with Gasteiger partial charge in [0, 0.05) is 25.3 Å². The number of aryl methyl sites for hydroxylation is 1. The van der Waals surface area contributed by atoms with Gasteiger partial charge in [0.05, 0.1) is 7.11 Å². The van der Waals surface area contributed by atoms with E-state index in [2.05, 4.69) is 38.2 Å². The van der Waals surface area contributed by atoms with Crippen LogP contribution in [0.5, 0.6) is 5.75 Å². The van der Waals surface area contributed by atoms with E-state index in [1.165, 1.54) is 16.7 Å². The molecule has 3 nitrogen and oxygen atoms in total. The highest BCUT2D eigenvalue weighted by atomic mass is 16.5. The third-order valence-electron chi connectivity index (χ3n) is 3.54. The third kappa shape index (κ3) is 4.22. The molecule has 0 saturated carbocycles. The van der Waals surface area contributed by atoms with Crippen molar-refractivity contribution in [3.8, 4) is 5.75 Å². The number of hydrogen-bond acceptors (Lipinski definition) is 3. The topological polar surface area (TPSA) is 30.5 Å². The first kappa shape index (κ1) is 16.0. The quantitative estimate of drug-likeness (QED) is 0.781. The van der Waals surface area contributed by atoms with Gasteiger partial charge in [-0.3, -0.25) is 0 Å². The summed E-state index contributed by atoms with van der Waals surface area (Å²) in [5, 5.41) is 3.58. The minimum atomic E-state index is 0.286. The molecular formula is C16H27NO2. The molecule has 0 saturated heterocycles. The van der Waals surface area contributed by atoms with Gasteiger partial charge in [0.2, 0.25) is 0 Å². The average Bonchev–Trinajstić information content (AvgIpc) is 2.42. The van der Waals surface area contributed by atoms with Crippen molar-refractivity contribution in [2.75, 3.05) is 27.4 Å². The number of nitrogens with one attached hydrogen (secondary N) is 1. The Bertz CT molecular complexity index is 383. The van der Waals surface area contributed by atoms with Gasteiger partial charge in [0.1, 0.15) is 5.75 Å². The summed E-state index contributed by atoms with van der Waals surface area (Å²) < 4.78 is 10.8. The Labute approximate surface area is 117 Å². The lowest BCUT2D eigenvalue weighted by Gasteiger charge is -2.23. The van der Waals surface area contributed by atoms with Crippen LogP contribution >= 0.6 is 0 Å². The van der Waals surface area contributed by atoms with Crippen molar-refractivity contribution in [1.82, 2.24) is 5.32 Å². The molecule has 1 aromatic carbocycles. The first-order valence-corrected chi connectivity index (χ1v) is 7.02. The van der Waals surface area contributed by atoms with E-state index < -0.39 is 0 Å². The van der Waals surface area contributed by atoms with Crippen LogP contribution in [0.1, 0.15) is 42.5 Å². The fourth-order valence-electron chi connectivity index (χ4n) is 2.28. The predicted octanol–water partition coefficient (Wildman–Crippen LogP) is 3.39. The van der Waals surface area contributed by atoms with Crippen molar-refractivity contribution in [3.05, 3.63) is 28.8 Å². The summed E-state index contributed by atoms with van der Waals surface area (Å²) in [7, 11) is 3.49. The normalized spacial score (nSPS) is 12.5. The molecule has 3 heteroatoms. The molecule has 0 radical (unpaired) electrons. The first-order valence-electron chi connectivity index (χ1n) is 7.02. The third-order valence-corrected chi connectivity index (χ3v) is 3.54. The molecule has 0 aromatic heterocycles. The van der Waals surface area contributed by atoms with Gasteiger partial charge in [-0.25, -0.2) is 0 Å². The second-order valence-corrected chi connectivity index (χ2v) is 4.92. The van der Waals surface area contributed by atoms with Crippen LogP contribution < -0.4 is 10.1 Å². The molecule has 1 N–H and O–H groups in total. The van der Waals surface area contributed by atoms with Gasteiger partial charge >= 0.3 is 0 Å². The highest BCUT2D eigenvalue weighted by Gasteiger charge is 2.17. The van der Waals surface area contributed by atoms with Crippen molar-refractivity contribution in [2.45, 2.75) is 39.7 Å². The van der Waals surface area contributed by atoms with Crippen LogP contribution in [-0.4, -0.2) is 27.4 Å². The van der Waals surface area contributed by atoms with Crippen LogP contribution in [0.4, 0.5) is 0 Å². The Hall–Kier alpha value is -1.06. The van der Waals surface area contributed by atoms with E-state index in [9.17, 15) is 0 Å². The maximum Gasteiger partial charge on any atom is 0.126 e. The number of ether oxygens (including phenoxy) is 2. The van der Waals surface area contributed by atoms with Crippen LogP contribution in [0, 0.1) is 13.8 Å². The summed E-state index contributed by atoms with van der Waals surface area (Å²) in [6.45, 7) is 8.16. The number of benzene rings is 1. The summed E-state index contributed by atoms with van der Waals surface area (Å²) >= 11 is 0. The summed E-state index contributed by atoms with van der Waals surface area (Å²) in [6.07, 6.45) is 2.08. The predicted molar refractivity (Wildman–Crippen MR) is 80.0 cm³/mol. The van der Waals surface area contributed by atoms with Crippen molar-refractivity contribution in [1.29, 1.82) is 0 Å². The van der Waals surface area contributed by atoms with E-state index >= 15 is 0 Å². The Balaban J connectivity index is 3.02. The van der Waals surface area contributed by atoms with Crippen LogP contribution in [0.25, 0.3) is 0 Å². The minimum Gasteiger partial charge on any atom is -0.496 e. The molecule has 0 fully saturated rings. The van der Waals surface area contributed by atoms with Crippen molar-refractivity contribution < 1.29 is 9.47 Å². The molecule has 0 spiro atoms. The smallest absolute Gasteiger partial charge is 0.126 e. The second kappa shape index (κ2) is 8.18. The molecule has 1 aromatic rings. The van der Waals surface area contributed by atoms with Crippen molar-refractivity contribution >= 4 is 0 Å². The molecule has 0 aliphatic carbocycles. The lowest BCUT2D eigenvalue weighted by atomic mass is 9.97. The fourth-order valence-corrected chi connectivity index (χ4v) is 2.28. The Morgan fingerprint density at radius 2 is 1.95 bits per heavy atom. The van der Waals surface area contributed by atoms with Crippen LogP contribution in [-0.2, 0) is 4.74 Å². The summed E-state index contributed by atoms with van der Waals surface area (Å²) in [5.41, 5.74) is 3.72. The van der Waals surface area contributed by atoms with Gasteiger partial charge in [-0.2, -0.15) is 0 Å². The molecule has 0 bridgehead atoms. The van der Waals surface area contributed by atoms with E-state index in [-0.39, 0.29) is 6.04 Å². The van der Waals surface area contributed by atoms with Gasteiger partial charge in [0.25, 0.3) is 0 Å². The maximum absolute atomic E-state index is 5.62. The maximum atomic E-state index is 5.62. The standard InChI is InChI=1S/C16H27NO2/c1-6-10-17-15(9-11-18-4)14-8-7-12(2)13(3)16(14)19-5/h7-8,15,17H,6,9-11H2,1-5H3. The number of hydrogen-bond donors (Lipinski definition) is 1. The second-order valence-electron chi connectivity index (χ2n) is 4.92. The van der Waals surface area contributed by atoms with Gasteiger partial charge in [-0.15, -0.1) is 0 Å². The van der Waals surface area contributed by atoms with E-state index in [1.54, 1.807) is 14.2 Å². The van der Waals surface area contributed by atoms with Gasteiger partial charge in [-0.1, -0.05) is 19.1 Å². The largest absolute Gasteiger partial charge is 0.496 e. The molecule has 108 valence electrons. The van der Waals surface area contributed by atoms with Gasteiger partial charge < -0.3 is 14.8 Å². The molecule has 19 heavy (non-hydrogen) atoms. The average molecular weight is 265 g/mol. The molecular weight excluding hydrogens is 238 g/mol. The van der Waals surface area contributed by atoms with E-state index in [1.807, 2.05) is 0 Å². The zero-order valence-electron chi connectivity index (χ0n) is 12.9. The van der Waals surface area contributed by atoms with Crippen molar-refractivity contribution in [2.24, 2.45) is 0 Å². The Morgan fingerprint density at radius 1 is 1.21 bits per heavy atom. The summed E-state index contributed by atoms with van der Waals surface area (Å²) in [5.74, 6) is 1.00. The molecule has 0 aliphatic heterocycles. The molecule has 0 heterocycles. The molecule has 1 rings (SSSR count). The van der Waals surface area contributed by atoms with E-state index in [4.69, 9.17) is 9.47 Å². The van der Waals surface area contributed by atoms with Crippen LogP contribution in [0.3, 0.4) is 0 Å². The summed E-state index contributed by atoms with van der Waals surface area (Å²) in [6, 6.07) is 4.62. The van der Waals surface area contributed by atoms with Crippen LogP contribution in [0.15, 0.2) is 12.1 Å². The lowest BCUT2D eigenvalue weighted by Crippen LogP contribution is -2.24. The number of methoxy groups -OCH3 is 2. The molecule has 1 unspecified atom stereocenters. The van der Waals surface area contributed by atoms with E-state index in [0.29, 0.717) is 0 Å². The molecule has 1 atom stereocenters. The highest BCUT2D eigenvalue weighted by molar-refractivity contribution is 5.46. The monoisotopic (exact) mass is 265 g/mol. The Morgan fingerprint density at radius 3 is 2.53 bits per heavy atom.